The zero-order chi connectivity index (χ0) is 7.40. The summed E-state index contributed by atoms with van der Waals surface area (Å²) < 4.78 is 0. The number of nitrogens with zero attached hydrogens (tertiary/aromatic N) is 1. The van der Waals surface area contributed by atoms with Gasteiger partial charge in [-0.3, -0.25) is 0 Å². The lowest BCUT2D eigenvalue weighted by molar-refractivity contribution is 0.322. The van der Waals surface area contributed by atoms with E-state index in [0.717, 1.165) is 11.1 Å². The number of hydrogen-bond donors (Lipinski definition) is 1. The summed E-state index contributed by atoms with van der Waals surface area (Å²) in [5.74, 6) is 0. The predicted molar refractivity (Wildman–Crippen MR) is 40.6 cm³/mol. The van der Waals surface area contributed by atoms with Crippen molar-refractivity contribution in [2.24, 2.45) is 5.16 Å². The van der Waals surface area contributed by atoms with Gasteiger partial charge >= 0.3 is 0 Å². The van der Waals surface area contributed by atoms with Gasteiger partial charge in [-0.15, -0.1) is 0 Å². The van der Waals surface area contributed by atoms with Crippen molar-refractivity contribution in [2.45, 2.75) is 6.92 Å². The highest BCUT2D eigenvalue weighted by atomic mass is 16.4. The van der Waals surface area contributed by atoms with Crippen LogP contribution in [-0.4, -0.2) is 11.4 Å². The van der Waals surface area contributed by atoms with Gasteiger partial charge in [0.05, 0.1) is 6.21 Å². The normalized spacial score (nSPS) is 10.5. The largest absolute Gasteiger partial charge is 0.411 e. The molecule has 1 aromatic carbocycles. The molecule has 0 saturated heterocycles. The smallest absolute Gasteiger partial charge is 0.0736 e. The molecule has 0 spiro atoms. The molecule has 0 heterocycles. The first-order chi connectivity index (χ1) is 4.84. The standard InChI is InChI=1S/C8H9NO/c1-7-4-2-3-5-8(7)6-9-10/h2-6,10H,1H3/b9-6-. The topological polar surface area (TPSA) is 32.6 Å². The molecule has 52 valence electrons. The Kier molecular flexibility index (Phi) is 2.05. The van der Waals surface area contributed by atoms with Crippen LogP contribution in [0.2, 0.25) is 0 Å². The SMILES string of the molecule is Cc1ccccc1/C=N\O. The van der Waals surface area contributed by atoms with Crippen LogP contribution < -0.4 is 0 Å². The maximum Gasteiger partial charge on any atom is 0.0736 e. The van der Waals surface area contributed by atoms with Gasteiger partial charge in [-0.25, -0.2) is 0 Å². The Morgan fingerprint density at radius 2 is 2.10 bits per heavy atom. The van der Waals surface area contributed by atoms with Gasteiger partial charge in [-0.1, -0.05) is 29.4 Å². The van der Waals surface area contributed by atoms with Crippen LogP contribution in [0.3, 0.4) is 0 Å². The van der Waals surface area contributed by atoms with Crippen molar-refractivity contribution in [1.82, 2.24) is 0 Å². The monoisotopic (exact) mass is 135 g/mol. The number of rotatable bonds is 1. The molecule has 2 heteroatoms. The molecule has 0 amide bonds. The van der Waals surface area contributed by atoms with Crippen molar-refractivity contribution in [3.05, 3.63) is 35.4 Å². The highest BCUT2D eigenvalue weighted by molar-refractivity contribution is 5.80. The van der Waals surface area contributed by atoms with Gasteiger partial charge in [-0.05, 0) is 18.1 Å². The van der Waals surface area contributed by atoms with Crippen molar-refractivity contribution in [3.63, 3.8) is 0 Å². The maximum atomic E-state index is 8.21. The molecule has 10 heavy (non-hydrogen) atoms. The van der Waals surface area contributed by atoms with Crippen molar-refractivity contribution >= 4 is 6.21 Å². The second-order valence-corrected chi connectivity index (χ2v) is 2.10. The Morgan fingerprint density at radius 3 is 2.70 bits per heavy atom. The van der Waals surface area contributed by atoms with Gasteiger partial charge in [-0.2, -0.15) is 0 Å². The Bertz CT molecular complexity index is 243. The molecule has 0 aliphatic heterocycles. The summed E-state index contributed by atoms with van der Waals surface area (Å²) >= 11 is 0. The fourth-order valence-electron chi connectivity index (χ4n) is 0.794. The molecule has 0 aliphatic rings. The molecule has 0 fully saturated rings. The van der Waals surface area contributed by atoms with Crippen molar-refractivity contribution in [2.75, 3.05) is 0 Å². The van der Waals surface area contributed by atoms with Gasteiger partial charge in [0.15, 0.2) is 0 Å². The summed E-state index contributed by atoms with van der Waals surface area (Å²) in [6.45, 7) is 1.97. The fourth-order valence-corrected chi connectivity index (χ4v) is 0.794. The number of hydrogen-bond acceptors (Lipinski definition) is 2. The van der Waals surface area contributed by atoms with Crippen LogP contribution in [0.25, 0.3) is 0 Å². The van der Waals surface area contributed by atoms with Crippen LogP contribution in [0, 0.1) is 6.92 Å². The van der Waals surface area contributed by atoms with Crippen molar-refractivity contribution in [3.8, 4) is 0 Å². The van der Waals surface area contributed by atoms with Gasteiger partial charge < -0.3 is 5.21 Å². The van der Waals surface area contributed by atoms with E-state index in [1.54, 1.807) is 0 Å². The van der Waals surface area contributed by atoms with Gasteiger partial charge in [0.25, 0.3) is 0 Å². The van der Waals surface area contributed by atoms with E-state index < -0.39 is 0 Å². The van der Waals surface area contributed by atoms with Crippen LogP contribution in [0.1, 0.15) is 11.1 Å². The van der Waals surface area contributed by atoms with E-state index in [-0.39, 0.29) is 0 Å². The number of benzene rings is 1. The molecule has 0 aliphatic carbocycles. The highest BCUT2D eigenvalue weighted by Crippen LogP contribution is 2.02. The van der Waals surface area contributed by atoms with Crippen LogP contribution in [0.4, 0.5) is 0 Å². The number of aryl methyl sites for hydroxylation is 1. The fraction of sp³-hybridized carbons (Fsp3) is 0.125. The Balaban J connectivity index is 3.03. The quantitative estimate of drug-likeness (QED) is 0.355. The summed E-state index contributed by atoms with van der Waals surface area (Å²) in [7, 11) is 0. The van der Waals surface area contributed by atoms with Crippen LogP contribution in [0.5, 0.6) is 0 Å². The molecule has 2 nitrogen and oxygen atoms in total. The second kappa shape index (κ2) is 3.01. The average molecular weight is 135 g/mol. The second-order valence-electron chi connectivity index (χ2n) is 2.10. The van der Waals surface area contributed by atoms with E-state index in [1.165, 1.54) is 6.21 Å². The van der Waals surface area contributed by atoms with E-state index in [0.29, 0.717) is 0 Å². The van der Waals surface area contributed by atoms with E-state index in [2.05, 4.69) is 5.16 Å². The summed E-state index contributed by atoms with van der Waals surface area (Å²) in [5.41, 5.74) is 2.06. The van der Waals surface area contributed by atoms with E-state index in [1.807, 2.05) is 31.2 Å². The summed E-state index contributed by atoms with van der Waals surface area (Å²) in [6, 6.07) is 7.72. The predicted octanol–water partition coefficient (Wildman–Crippen LogP) is 1.80. The molecule has 0 radical (unpaired) electrons. The summed E-state index contributed by atoms with van der Waals surface area (Å²) in [5, 5.41) is 11.2. The highest BCUT2D eigenvalue weighted by Gasteiger charge is 1.89. The third-order valence-electron chi connectivity index (χ3n) is 1.39. The lowest BCUT2D eigenvalue weighted by atomic mass is 10.1. The van der Waals surface area contributed by atoms with E-state index in [9.17, 15) is 0 Å². The molecule has 1 aromatic rings. The van der Waals surface area contributed by atoms with Gasteiger partial charge in [0.2, 0.25) is 0 Å². The molecule has 0 saturated carbocycles. The summed E-state index contributed by atoms with van der Waals surface area (Å²) in [4.78, 5) is 0. The minimum atomic E-state index is 0.949. The van der Waals surface area contributed by atoms with Crippen molar-refractivity contribution in [1.29, 1.82) is 0 Å². The first kappa shape index (κ1) is 6.81. The minimum Gasteiger partial charge on any atom is -0.411 e. The Labute approximate surface area is 59.8 Å². The first-order valence-electron chi connectivity index (χ1n) is 3.07. The van der Waals surface area contributed by atoms with E-state index >= 15 is 0 Å². The van der Waals surface area contributed by atoms with Crippen LogP contribution in [-0.2, 0) is 0 Å². The number of oxime groups is 1. The lowest BCUT2D eigenvalue weighted by Gasteiger charge is -1.94. The third kappa shape index (κ3) is 1.35. The minimum absolute atomic E-state index is 0.949. The van der Waals surface area contributed by atoms with Gasteiger partial charge in [0.1, 0.15) is 0 Å². The molecule has 0 bridgehead atoms. The first-order valence-corrected chi connectivity index (χ1v) is 3.07. The van der Waals surface area contributed by atoms with Crippen molar-refractivity contribution < 1.29 is 5.21 Å². The average Bonchev–Trinajstić information content (AvgIpc) is 1.94. The van der Waals surface area contributed by atoms with Gasteiger partial charge in [0, 0.05) is 0 Å². The van der Waals surface area contributed by atoms with Crippen LogP contribution >= 0.6 is 0 Å². The van der Waals surface area contributed by atoms with E-state index in [4.69, 9.17) is 5.21 Å². The van der Waals surface area contributed by atoms with Crippen LogP contribution in [0.15, 0.2) is 29.4 Å². The molecular weight excluding hydrogens is 126 g/mol. The zero-order valence-corrected chi connectivity index (χ0v) is 5.78. The molecule has 0 atom stereocenters. The molecule has 0 aromatic heterocycles. The Hall–Kier alpha value is -1.31. The molecule has 0 unspecified atom stereocenters. The summed E-state index contributed by atoms with van der Waals surface area (Å²) in [6.07, 6.45) is 1.43. The molecule has 1 rings (SSSR count). The maximum absolute atomic E-state index is 8.21. The molecule has 1 N–H and O–H groups in total. The lowest BCUT2D eigenvalue weighted by Crippen LogP contribution is -1.84. The zero-order valence-electron chi connectivity index (χ0n) is 5.78. The molecular formula is C8H9NO. The third-order valence-corrected chi connectivity index (χ3v) is 1.39. The Morgan fingerprint density at radius 1 is 1.40 bits per heavy atom.